The first kappa shape index (κ1) is 18.8. The zero-order chi connectivity index (χ0) is 19.2. The number of hydrogen-bond acceptors (Lipinski definition) is 5. The first-order chi connectivity index (χ1) is 13.0. The van der Waals surface area contributed by atoms with Crippen molar-refractivity contribution in [2.45, 2.75) is 45.7 Å². The topological polar surface area (TPSA) is 84.2 Å². The van der Waals surface area contributed by atoms with Crippen molar-refractivity contribution >= 4 is 17.4 Å². The van der Waals surface area contributed by atoms with Crippen LogP contribution in [0.3, 0.4) is 0 Å². The maximum Gasteiger partial charge on any atom is 0.220 e. The SMILES string of the molecule is CC[C@H](C)NC(=O)CCc1nnc2ccc(NCc3ccc(F)cc3)nn12. The minimum absolute atomic E-state index is 0.00769. The Morgan fingerprint density at radius 2 is 1.96 bits per heavy atom. The Kier molecular flexibility index (Phi) is 5.95. The molecule has 2 N–H and O–H groups in total. The normalized spacial score (nSPS) is 12.1. The molecule has 0 saturated heterocycles. The van der Waals surface area contributed by atoms with Crippen LogP contribution in [0.4, 0.5) is 10.2 Å². The van der Waals surface area contributed by atoms with Gasteiger partial charge in [0, 0.05) is 25.4 Å². The number of amides is 1. The van der Waals surface area contributed by atoms with Gasteiger partial charge in [-0.2, -0.15) is 4.52 Å². The highest BCUT2D eigenvalue weighted by Crippen LogP contribution is 2.11. The van der Waals surface area contributed by atoms with Gasteiger partial charge >= 0.3 is 0 Å². The maximum absolute atomic E-state index is 13.0. The van der Waals surface area contributed by atoms with Crippen molar-refractivity contribution in [3.63, 3.8) is 0 Å². The molecule has 0 unspecified atom stereocenters. The summed E-state index contributed by atoms with van der Waals surface area (Å²) < 4.78 is 14.6. The van der Waals surface area contributed by atoms with Gasteiger partial charge in [0.05, 0.1) is 0 Å². The number of carbonyl (C=O) groups is 1. The zero-order valence-electron chi connectivity index (χ0n) is 15.4. The third-order valence-corrected chi connectivity index (χ3v) is 4.31. The molecule has 0 aliphatic heterocycles. The molecule has 3 rings (SSSR count). The van der Waals surface area contributed by atoms with Crippen molar-refractivity contribution in [1.29, 1.82) is 0 Å². The molecule has 2 heterocycles. The summed E-state index contributed by atoms with van der Waals surface area (Å²) in [5, 5.41) is 18.9. The van der Waals surface area contributed by atoms with Crippen molar-refractivity contribution in [2.75, 3.05) is 5.32 Å². The van der Waals surface area contributed by atoms with Gasteiger partial charge in [-0.05, 0) is 43.2 Å². The second-order valence-electron chi connectivity index (χ2n) is 6.46. The fraction of sp³-hybridized carbons (Fsp3) is 0.368. The van der Waals surface area contributed by atoms with Crippen molar-refractivity contribution in [2.24, 2.45) is 0 Å². The van der Waals surface area contributed by atoms with Crippen LogP contribution in [0.1, 0.15) is 38.1 Å². The van der Waals surface area contributed by atoms with Crippen LogP contribution in [0.5, 0.6) is 0 Å². The van der Waals surface area contributed by atoms with E-state index >= 15 is 0 Å². The van der Waals surface area contributed by atoms with Crippen LogP contribution in [0.25, 0.3) is 5.65 Å². The van der Waals surface area contributed by atoms with Crippen LogP contribution < -0.4 is 10.6 Å². The Balaban J connectivity index is 1.64. The number of aryl methyl sites for hydroxylation is 1. The van der Waals surface area contributed by atoms with Gasteiger partial charge < -0.3 is 10.6 Å². The number of aromatic nitrogens is 4. The van der Waals surface area contributed by atoms with E-state index in [2.05, 4.69) is 25.9 Å². The second kappa shape index (κ2) is 8.57. The van der Waals surface area contributed by atoms with Crippen LogP contribution in [0, 0.1) is 5.82 Å². The molecule has 1 amide bonds. The van der Waals surface area contributed by atoms with E-state index in [0.717, 1.165) is 12.0 Å². The summed E-state index contributed by atoms with van der Waals surface area (Å²) in [4.78, 5) is 12.0. The summed E-state index contributed by atoms with van der Waals surface area (Å²) in [6, 6.07) is 10.1. The van der Waals surface area contributed by atoms with Gasteiger partial charge in [-0.3, -0.25) is 4.79 Å². The molecule has 0 spiro atoms. The van der Waals surface area contributed by atoms with Crippen LogP contribution in [0.15, 0.2) is 36.4 Å². The van der Waals surface area contributed by atoms with Crippen LogP contribution >= 0.6 is 0 Å². The Morgan fingerprint density at radius 3 is 2.70 bits per heavy atom. The molecule has 3 aromatic rings. The lowest BCUT2D eigenvalue weighted by Crippen LogP contribution is -2.32. The summed E-state index contributed by atoms with van der Waals surface area (Å²) in [5.74, 6) is 1.02. The molecule has 0 aliphatic rings. The van der Waals surface area contributed by atoms with E-state index < -0.39 is 0 Å². The van der Waals surface area contributed by atoms with Crippen LogP contribution in [0.2, 0.25) is 0 Å². The summed E-state index contributed by atoms with van der Waals surface area (Å²) in [6.07, 6.45) is 1.68. The van der Waals surface area contributed by atoms with E-state index in [0.29, 0.717) is 36.7 Å². The average Bonchev–Trinajstić information content (AvgIpc) is 3.08. The molecule has 1 aromatic carbocycles. The molecule has 142 valence electrons. The number of nitrogens with zero attached hydrogens (tertiary/aromatic N) is 4. The molecule has 27 heavy (non-hydrogen) atoms. The number of fused-ring (bicyclic) bond motifs is 1. The van der Waals surface area contributed by atoms with Gasteiger partial charge in [0.25, 0.3) is 0 Å². The monoisotopic (exact) mass is 370 g/mol. The summed E-state index contributed by atoms with van der Waals surface area (Å²) in [5.41, 5.74) is 1.57. The van der Waals surface area contributed by atoms with Gasteiger partial charge in [0.2, 0.25) is 5.91 Å². The third kappa shape index (κ3) is 4.99. The van der Waals surface area contributed by atoms with Crippen LogP contribution in [-0.4, -0.2) is 31.8 Å². The highest BCUT2D eigenvalue weighted by molar-refractivity contribution is 5.76. The minimum Gasteiger partial charge on any atom is -0.365 e. The molecule has 8 heteroatoms. The van der Waals surface area contributed by atoms with Gasteiger partial charge in [-0.15, -0.1) is 15.3 Å². The molecule has 0 aliphatic carbocycles. The molecule has 0 saturated carbocycles. The maximum atomic E-state index is 13.0. The molecule has 1 atom stereocenters. The smallest absolute Gasteiger partial charge is 0.220 e. The highest BCUT2D eigenvalue weighted by Gasteiger charge is 2.11. The predicted molar refractivity (Wildman–Crippen MR) is 101 cm³/mol. The number of carbonyl (C=O) groups excluding carboxylic acids is 1. The molecular formula is C19H23FN6O. The van der Waals surface area contributed by atoms with Gasteiger partial charge in [0.1, 0.15) is 11.6 Å². The number of nitrogens with one attached hydrogen (secondary N) is 2. The van der Waals surface area contributed by atoms with Crippen molar-refractivity contribution in [1.82, 2.24) is 25.1 Å². The Hall–Kier alpha value is -3.03. The largest absolute Gasteiger partial charge is 0.365 e. The standard InChI is InChI=1S/C19H23FN6O/c1-3-13(2)22-19(27)11-10-18-24-23-17-9-8-16(25-26(17)18)21-12-14-4-6-15(20)7-5-14/h4-9,13H,3,10-12H2,1-2H3,(H,21,25)(H,22,27)/t13-/m0/s1. The van der Waals surface area contributed by atoms with Crippen molar-refractivity contribution in [3.8, 4) is 0 Å². The van der Waals surface area contributed by atoms with E-state index in [1.807, 2.05) is 26.0 Å². The van der Waals surface area contributed by atoms with E-state index in [4.69, 9.17) is 0 Å². The van der Waals surface area contributed by atoms with Gasteiger partial charge in [0.15, 0.2) is 11.5 Å². The fourth-order valence-corrected chi connectivity index (χ4v) is 2.55. The fourth-order valence-electron chi connectivity index (χ4n) is 2.55. The number of benzene rings is 1. The minimum atomic E-state index is -0.259. The summed E-state index contributed by atoms with van der Waals surface area (Å²) in [7, 11) is 0. The van der Waals surface area contributed by atoms with Gasteiger partial charge in [-0.25, -0.2) is 4.39 Å². The van der Waals surface area contributed by atoms with E-state index in [1.54, 1.807) is 16.6 Å². The molecule has 0 bridgehead atoms. The lowest BCUT2D eigenvalue weighted by atomic mass is 10.2. The Bertz CT molecular complexity index is 908. The Labute approximate surface area is 157 Å². The number of halogens is 1. The molecule has 0 radical (unpaired) electrons. The number of hydrogen-bond donors (Lipinski definition) is 2. The van der Waals surface area contributed by atoms with Crippen LogP contribution in [-0.2, 0) is 17.8 Å². The lowest BCUT2D eigenvalue weighted by molar-refractivity contribution is -0.121. The third-order valence-electron chi connectivity index (χ3n) is 4.31. The summed E-state index contributed by atoms with van der Waals surface area (Å²) in [6.45, 7) is 4.53. The van der Waals surface area contributed by atoms with Crippen molar-refractivity contribution < 1.29 is 9.18 Å². The van der Waals surface area contributed by atoms with E-state index in [1.165, 1.54) is 12.1 Å². The summed E-state index contributed by atoms with van der Waals surface area (Å²) >= 11 is 0. The molecular weight excluding hydrogens is 347 g/mol. The van der Waals surface area contributed by atoms with E-state index in [-0.39, 0.29) is 17.8 Å². The van der Waals surface area contributed by atoms with Gasteiger partial charge in [-0.1, -0.05) is 19.1 Å². The Morgan fingerprint density at radius 1 is 1.19 bits per heavy atom. The highest BCUT2D eigenvalue weighted by atomic mass is 19.1. The van der Waals surface area contributed by atoms with Crippen molar-refractivity contribution in [3.05, 3.63) is 53.6 Å². The second-order valence-corrected chi connectivity index (χ2v) is 6.46. The quantitative estimate of drug-likeness (QED) is 0.637. The molecule has 7 nitrogen and oxygen atoms in total. The first-order valence-electron chi connectivity index (χ1n) is 9.04. The molecule has 0 fully saturated rings. The molecule has 2 aromatic heterocycles. The number of anilines is 1. The van der Waals surface area contributed by atoms with E-state index in [9.17, 15) is 9.18 Å². The lowest BCUT2D eigenvalue weighted by Gasteiger charge is -2.10. The zero-order valence-corrected chi connectivity index (χ0v) is 15.4. The predicted octanol–water partition coefficient (Wildman–Crippen LogP) is 2.72. The average molecular weight is 370 g/mol. The first-order valence-corrected chi connectivity index (χ1v) is 9.04. The number of rotatable bonds is 8.